The number of nitrogens with two attached hydrogens (primary N) is 1. The molecule has 0 radical (unpaired) electrons. The minimum Gasteiger partial charge on any atom is -0.390 e. The fourth-order valence-corrected chi connectivity index (χ4v) is 4.28. The number of halogens is 1. The van der Waals surface area contributed by atoms with E-state index in [1.807, 2.05) is 18.0 Å². The number of carbonyl (C=O) groups is 1. The van der Waals surface area contributed by atoms with Gasteiger partial charge in [0.25, 0.3) is 0 Å². The van der Waals surface area contributed by atoms with E-state index >= 15 is 0 Å². The largest absolute Gasteiger partial charge is 0.390 e. The van der Waals surface area contributed by atoms with Gasteiger partial charge in [0.1, 0.15) is 0 Å². The van der Waals surface area contributed by atoms with E-state index in [-0.39, 0.29) is 5.91 Å². The van der Waals surface area contributed by atoms with Crippen molar-refractivity contribution in [2.24, 2.45) is 15.7 Å². The molecule has 3 N–H and O–H groups in total. The van der Waals surface area contributed by atoms with E-state index in [4.69, 9.17) is 5.73 Å². The first kappa shape index (κ1) is 23.5. The number of likely N-dealkylation sites (tertiary alicyclic amines) is 2. The first-order valence-corrected chi connectivity index (χ1v) is 11.7. The van der Waals surface area contributed by atoms with E-state index in [2.05, 4.69) is 59.2 Å². The molecule has 2 aliphatic rings. The van der Waals surface area contributed by atoms with Crippen molar-refractivity contribution in [3.8, 4) is 0 Å². The molecule has 1 aromatic heterocycles. The number of piperidine rings is 1. The van der Waals surface area contributed by atoms with Gasteiger partial charge in [-0.3, -0.25) is 14.5 Å². The van der Waals surface area contributed by atoms with Crippen LogP contribution >= 0.6 is 15.9 Å². The van der Waals surface area contributed by atoms with E-state index in [1.165, 1.54) is 6.34 Å². The van der Waals surface area contributed by atoms with E-state index in [0.29, 0.717) is 29.3 Å². The maximum absolute atomic E-state index is 11.9. The Balaban J connectivity index is 1.56. The summed E-state index contributed by atoms with van der Waals surface area (Å²) in [5.41, 5.74) is 7.40. The molecule has 9 nitrogen and oxygen atoms in total. The minimum absolute atomic E-state index is 0.251. The number of hydrogen-bond donors (Lipinski definition) is 2. The molecular weight excluding hydrogens is 460 g/mol. The van der Waals surface area contributed by atoms with Crippen LogP contribution in [-0.4, -0.2) is 77.4 Å². The molecule has 1 unspecified atom stereocenters. The maximum Gasteiger partial charge on any atom is 0.222 e. The van der Waals surface area contributed by atoms with E-state index < -0.39 is 0 Å². The molecule has 3 rings (SSSR count). The van der Waals surface area contributed by atoms with Gasteiger partial charge in [-0.05, 0) is 62.1 Å². The number of amides is 1. The summed E-state index contributed by atoms with van der Waals surface area (Å²) in [4.78, 5) is 24.9. The third kappa shape index (κ3) is 6.64. The summed E-state index contributed by atoms with van der Waals surface area (Å²) >= 11 is 3.55. The van der Waals surface area contributed by atoms with Crippen LogP contribution in [-0.2, 0) is 4.79 Å². The van der Waals surface area contributed by atoms with Gasteiger partial charge in [0.15, 0.2) is 5.84 Å². The quantitative estimate of drug-likeness (QED) is 0.329. The Hall–Kier alpha value is -2.20. The first-order valence-electron chi connectivity index (χ1n) is 10.9. The Labute approximate surface area is 192 Å². The summed E-state index contributed by atoms with van der Waals surface area (Å²) in [7, 11) is 2.14. The highest BCUT2D eigenvalue weighted by molar-refractivity contribution is 9.12. The van der Waals surface area contributed by atoms with Crippen LogP contribution in [0.25, 0.3) is 0 Å². The van der Waals surface area contributed by atoms with Crippen molar-refractivity contribution >= 4 is 39.7 Å². The lowest BCUT2D eigenvalue weighted by Crippen LogP contribution is -2.36. The van der Waals surface area contributed by atoms with Crippen molar-refractivity contribution in [3.05, 3.63) is 22.6 Å². The van der Waals surface area contributed by atoms with Crippen LogP contribution in [0.5, 0.6) is 0 Å². The SMILES string of the molecule is Cc1nn(C2CCN(C)C2)cc1NC=C(Br)C(N=CN)=NCCCN1CCCCC1=O. The molecule has 10 heteroatoms. The molecular formula is C21H33BrN8O. The van der Waals surface area contributed by atoms with Crippen molar-refractivity contribution in [3.63, 3.8) is 0 Å². The number of likely N-dealkylation sites (N-methyl/N-ethyl adjacent to an activating group) is 1. The molecule has 170 valence electrons. The predicted molar refractivity (Wildman–Crippen MR) is 129 cm³/mol. The second-order valence-corrected chi connectivity index (χ2v) is 8.98. The molecule has 31 heavy (non-hydrogen) atoms. The average molecular weight is 493 g/mol. The Morgan fingerprint density at radius 2 is 2.26 bits per heavy atom. The zero-order chi connectivity index (χ0) is 22.2. The monoisotopic (exact) mass is 492 g/mol. The number of nitrogens with zero attached hydrogens (tertiary/aromatic N) is 6. The molecule has 0 spiro atoms. The van der Waals surface area contributed by atoms with Crippen LogP contribution in [0.15, 0.2) is 26.9 Å². The van der Waals surface area contributed by atoms with Gasteiger partial charge in [0.05, 0.1) is 28.2 Å². The molecule has 1 aromatic rings. The number of rotatable bonds is 8. The smallest absolute Gasteiger partial charge is 0.222 e. The van der Waals surface area contributed by atoms with Crippen LogP contribution in [0.4, 0.5) is 5.69 Å². The normalized spacial score (nSPS) is 21.5. The number of anilines is 1. The fourth-order valence-electron chi connectivity index (χ4n) is 3.94. The average Bonchev–Trinajstić information content (AvgIpc) is 3.35. The third-order valence-corrected chi connectivity index (χ3v) is 6.27. The molecule has 2 saturated heterocycles. The Bertz CT molecular complexity index is 846. The standard InChI is InChI=1S/C21H33BrN8O/c1-16-19(14-30(27-16)17-7-11-28(2)13-17)25-12-18(22)21(26-15-23)24-8-5-10-29-9-4-3-6-20(29)31/h12,14-15,17,25H,3-11,13H2,1-2H3,(H2,23,24,26). The van der Waals surface area contributed by atoms with E-state index in [0.717, 1.165) is 63.2 Å². The Morgan fingerprint density at radius 3 is 2.97 bits per heavy atom. The van der Waals surface area contributed by atoms with Gasteiger partial charge >= 0.3 is 0 Å². The van der Waals surface area contributed by atoms with Gasteiger partial charge in [-0.25, -0.2) is 4.99 Å². The summed E-state index contributed by atoms with van der Waals surface area (Å²) in [6.45, 7) is 6.27. The van der Waals surface area contributed by atoms with Crippen LogP contribution < -0.4 is 11.1 Å². The second-order valence-electron chi connectivity index (χ2n) is 8.12. The highest BCUT2D eigenvalue weighted by Gasteiger charge is 2.22. The number of hydrogen-bond acceptors (Lipinski definition) is 5. The zero-order valence-corrected chi connectivity index (χ0v) is 20.0. The lowest BCUT2D eigenvalue weighted by Gasteiger charge is -2.26. The van der Waals surface area contributed by atoms with Crippen molar-refractivity contribution in [2.45, 2.75) is 45.1 Å². The second kappa shape index (κ2) is 11.4. The van der Waals surface area contributed by atoms with E-state index in [9.17, 15) is 4.79 Å². The number of carbonyl (C=O) groups excluding carboxylic acids is 1. The maximum atomic E-state index is 11.9. The van der Waals surface area contributed by atoms with Crippen LogP contribution in [0, 0.1) is 6.92 Å². The molecule has 0 saturated carbocycles. The Morgan fingerprint density at radius 1 is 1.42 bits per heavy atom. The summed E-state index contributed by atoms with van der Waals surface area (Å²) in [6, 6.07) is 0.414. The number of amidine groups is 1. The van der Waals surface area contributed by atoms with E-state index in [1.54, 1.807) is 0 Å². The topological polar surface area (TPSA) is 104 Å². The lowest BCUT2D eigenvalue weighted by atomic mass is 10.1. The molecule has 1 atom stereocenters. The van der Waals surface area contributed by atoms with Gasteiger partial charge in [0, 0.05) is 45.0 Å². The van der Waals surface area contributed by atoms with Crippen molar-refractivity contribution < 1.29 is 4.79 Å². The molecule has 3 heterocycles. The van der Waals surface area contributed by atoms with Gasteiger partial charge in [-0.1, -0.05) is 0 Å². The lowest BCUT2D eigenvalue weighted by molar-refractivity contribution is -0.133. The zero-order valence-electron chi connectivity index (χ0n) is 18.4. The van der Waals surface area contributed by atoms with Crippen molar-refractivity contribution in [1.29, 1.82) is 0 Å². The number of aryl methyl sites for hydroxylation is 1. The Kier molecular flexibility index (Phi) is 8.65. The molecule has 0 aliphatic carbocycles. The molecule has 0 bridgehead atoms. The van der Waals surface area contributed by atoms with Crippen molar-refractivity contribution in [1.82, 2.24) is 19.6 Å². The number of aromatic nitrogens is 2. The highest BCUT2D eigenvalue weighted by Crippen LogP contribution is 2.23. The van der Waals surface area contributed by atoms with Crippen LogP contribution in [0.1, 0.15) is 43.8 Å². The summed E-state index contributed by atoms with van der Waals surface area (Å²) in [6.07, 6.45) is 9.77. The minimum atomic E-state index is 0.251. The summed E-state index contributed by atoms with van der Waals surface area (Å²) in [5, 5.41) is 7.97. The summed E-state index contributed by atoms with van der Waals surface area (Å²) < 4.78 is 2.76. The molecule has 2 aliphatic heterocycles. The first-order chi connectivity index (χ1) is 15.0. The predicted octanol–water partition coefficient (Wildman–Crippen LogP) is 2.50. The third-order valence-electron chi connectivity index (χ3n) is 5.69. The molecule has 1 amide bonds. The molecule has 0 aromatic carbocycles. The van der Waals surface area contributed by atoms with Gasteiger partial charge in [-0.15, -0.1) is 0 Å². The van der Waals surface area contributed by atoms with Gasteiger partial charge in [-0.2, -0.15) is 5.10 Å². The van der Waals surface area contributed by atoms with Crippen LogP contribution in [0.3, 0.4) is 0 Å². The fraction of sp³-hybridized carbons (Fsp3) is 0.619. The molecule has 2 fully saturated rings. The number of aliphatic imine (C=N–C) groups is 2. The van der Waals surface area contributed by atoms with Gasteiger partial charge < -0.3 is 20.9 Å². The van der Waals surface area contributed by atoms with Crippen molar-refractivity contribution in [2.75, 3.05) is 45.1 Å². The highest BCUT2D eigenvalue weighted by atomic mass is 79.9. The van der Waals surface area contributed by atoms with Crippen LogP contribution in [0.2, 0.25) is 0 Å². The summed E-state index contributed by atoms with van der Waals surface area (Å²) in [5.74, 6) is 0.767. The van der Waals surface area contributed by atoms with Gasteiger partial charge in [0.2, 0.25) is 5.91 Å². The number of nitrogens with one attached hydrogen (secondary N) is 1.